The molecule has 96 valence electrons. The lowest BCUT2D eigenvalue weighted by atomic mass is 10.3. The Bertz CT molecular complexity index is 529. The predicted octanol–water partition coefficient (Wildman–Crippen LogP) is 2.54. The lowest BCUT2D eigenvalue weighted by Gasteiger charge is -2.10. The number of aliphatic hydroxyl groups excluding tert-OH is 1. The van der Waals surface area contributed by atoms with Crippen molar-refractivity contribution in [3.63, 3.8) is 0 Å². The molecule has 0 aliphatic carbocycles. The molecule has 0 bridgehead atoms. The van der Waals surface area contributed by atoms with Crippen LogP contribution in [-0.4, -0.2) is 25.9 Å². The Morgan fingerprint density at radius 1 is 1.50 bits per heavy atom. The molecule has 0 saturated carbocycles. The molecule has 0 aliphatic rings. The molecule has 0 fully saturated rings. The van der Waals surface area contributed by atoms with Gasteiger partial charge < -0.3 is 5.11 Å². The van der Waals surface area contributed by atoms with E-state index in [1.165, 1.54) is 22.5 Å². The van der Waals surface area contributed by atoms with E-state index in [1.807, 2.05) is 0 Å². The standard InChI is InChI=1S/C11H11BrFN3OS/c1-16-10(11(12)14-15-16)8(17)6-18-9-5-3-2-4-7(9)13/h2-5,8,17H,6H2,1H3. The highest BCUT2D eigenvalue weighted by Gasteiger charge is 2.18. The number of halogens is 2. The van der Waals surface area contributed by atoms with E-state index in [-0.39, 0.29) is 5.82 Å². The fourth-order valence-corrected chi connectivity index (χ4v) is 2.97. The molecule has 0 amide bonds. The average Bonchev–Trinajstić information content (AvgIpc) is 2.68. The minimum absolute atomic E-state index is 0.281. The minimum atomic E-state index is -0.760. The summed E-state index contributed by atoms with van der Waals surface area (Å²) in [4.78, 5) is 0.516. The van der Waals surface area contributed by atoms with Gasteiger partial charge in [0.2, 0.25) is 0 Å². The first-order valence-corrected chi connectivity index (χ1v) is 6.98. The van der Waals surface area contributed by atoms with Crippen molar-refractivity contribution in [1.82, 2.24) is 15.0 Å². The lowest BCUT2D eigenvalue weighted by molar-refractivity contribution is 0.193. The number of aliphatic hydroxyl groups is 1. The Hall–Kier alpha value is -0.920. The van der Waals surface area contributed by atoms with Crippen LogP contribution in [0, 0.1) is 5.82 Å². The molecule has 2 aromatic rings. The van der Waals surface area contributed by atoms with Crippen LogP contribution in [0.3, 0.4) is 0 Å². The third-order valence-corrected chi connectivity index (χ3v) is 4.07. The van der Waals surface area contributed by atoms with E-state index in [2.05, 4.69) is 26.2 Å². The molecular formula is C11H11BrFN3OS. The predicted molar refractivity (Wildman–Crippen MR) is 70.8 cm³/mol. The molecule has 1 N–H and O–H groups in total. The number of aryl methyl sites for hydroxylation is 1. The lowest BCUT2D eigenvalue weighted by Crippen LogP contribution is -2.08. The number of nitrogens with zero attached hydrogens (tertiary/aromatic N) is 3. The third-order valence-electron chi connectivity index (χ3n) is 2.38. The van der Waals surface area contributed by atoms with Crippen molar-refractivity contribution in [2.45, 2.75) is 11.0 Å². The van der Waals surface area contributed by atoms with Crippen molar-refractivity contribution in [2.75, 3.05) is 5.75 Å². The highest BCUT2D eigenvalue weighted by atomic mass is 79.9. The van der Waals surface area contributed by atoms with Gasteiger partial charge in [-0.2, -0.15) is 0 Å². The maximum Gasteiger partial charge on any atom is 0.154 e. The van der Waals surface area contributed by atoms with Crippen molar-refractivity contribution in [1.29, 1.82) is 0 Å². The first-order chi connectivity index (χ1) is 8.59. The number of rotatable bonds is 4. The van der Waals surface area contributed by atoms with Crippen LogP contribution in [0.5, 0.6) is 0 Å². The van der Waals surface area contributed by atoms with Crippen molar-refractivity contribution >= 4 is 27.7 Å². The van der Waals surface area contributed by atoms with Gasteiger partial charge in [0.1, 0.15) is 17.6 Å². The summed E-state index contributed by atoms with van der Waals surface area (Å²) >= 11 is 4.48. The topological polar surface area (TPSA) is 50.9 Å². The number of thioether (sulfide) groups is 1. The van der Waals surface area contributed by atoms with E-state index in [0.717, 1.165) is 0 Å². The van der Waals surface area contributed by atoms with Crippen LogP contribution in [0.1, 0.15) is 11.8 Å². The summed E-state index contributed by atoms with van der Waals surface area (Å²) < 4.78 is 15.4. The molecule has 1 heterocycles. The normalized spacial score (nSPS) is 12.7. The number of benzene rings is 1. The number of hydrogen-bond donors (Lipinski definition) is 1. The molecule has 4 nitrogen and oxygen atoms in total. The first-order valence-electron chi connectivity index (χ1n) is 5.20. The summed E-state index contributed by atoms with van der Waals surface area (Å²) in [5.41, 5.74) is 0.582. The second kappa shape index (κ2) is 5.81. The molecule has 1 aromatic heterocycles. The summed E-state index contributed by atoms with van der Waals surface area (Å²) in [7, 11) is 1.70. The molecule has 0 spiro atoms. The quantitative estimate of drug-likeness (QED) is 0.875. The summed E-state index contributed by atoms with van der Waals surface area (Å²) in [6, 6.07) is 6.48. The number of aromatic nitrogens is 3. The molecule has 0 aliphatic heterocycles. The molecule has 1 atom stereocenters. The van der Waals surface area contributed by atoms with E-state index in [4.69, 9.17) is 0 Å². The fraction of sp³-hybridized carbons (Fsp3) is 0.273. The molecule has 0 radical (unpaired) electrons. The highest BCUT2D eigenvalue weighted by Crippen LogP contribution is 2.28. The van der Waals surface area contributed by atoms with E-state index in [1.54, 1.807) is 25.2 Å². The van der Waals surface area contributed by atoms with Crippen LogP contribution in [0.25, 0.3) is 0 Å². The Balaban J connectivity index is 2.05. The van der Waals surface area contributed by atoms with Gasteiger partial charge in [0.05, 0.1) is 0 Å². The van der Waals surface area contributed by atoms with Crippen LogP contribution in [0.2, 0.25) is 0 Å². The molecular weight excluding hydrogens is 321 g/mol. The Labute approximate surface area is 116 Å². The van der Waals surface area contributed by atoms with Crippen molar-refractivity contribution < 1.29 is 9.50 Å². The maximum absolute atomic E-state index is 13.4. The zero-order valence-electron chi connectivity index (χ0n) is 9.55. The average molecular weight is 332 g/mol. The van der Waals surface area contributed by atoms with Crippen LogP contribution in [-0.2, 0) is 7.05 Å². The van der Waals surface area contributed by atoms with Crippen molar-refractivity contribution in [2.24, 2.45) is 7.05 Å². The number of hydrogen-bond acceptors (Lipinski definition) is 4. The smallest absolute Gasteiger partial charge is 0.154 e. The van der Waals surface area contributed by atoms with Gasteiger partial charge >= 0.3 is 0 Å². The van der Waals surface area contributed by atoms with Gasteiger partial charge in [-0.3, -0.25) is 0 Å². The summed E-state index contributed by atoms with van der Waals surface area (Å²) in [5, 5.41) is 17.6. The summed E-state index contributed by atoms with van der Waals surface area (Å²) in [6.45, 7) is 0. The van der Waals surface area contributed by atoms with E-state index in [0.29, 0.717) is 20.9 Å². The molecule has 1 aromatic carbocycles. The van der Waals surface area contributed by atoms with Crippen molar-refractivity contribution in [3.8, 4) is 0 Å². The maximum atomic E-state index is 13.4. The Morgan fingerprint density at radius 3 is 2.83 bits per heavy atom. The van der Waals surface area contributed by atoms with Gasteiger partial charge in [-0.05, 0) is 28.1 Å². The van der Waals surface area contributed by atoms with Gasteiger partial charge in [0.15, 0.2) is 4.60 Å². The van der Waals surface area contributed by atoms with Gasteiger partial charge in [-0.1, -0.05) is 17.3 Å². The van der Waals surface area contributed by atoms with Crippen LogP contribution < -0.4 is 0 Å². The molecule has 2 rings (SSSR count). The Morgan fingerprint density at radius 2 is 2.22 bits per heavy atom. The van der Waals surface area contributed by atoms with Crippen LogP contribution in [0.4, 0.5) is 4.39 Å². The molecule has 1 unspecified atom stereocenters. The summed E-state index contributed by atoms with van der Waals surface area (Å²) in [6.07, 6.45) is -0.760. The monoisotopic (exact) mass is 331 g/mol. The molecule has 18 heavy (non-hydrogen) atoms. The Kier molecular flexibility index (Phi) is 4.36. The van der Waals surface area contributed by atoms with E-state index < -0.39 is 6.10 Å². The zero-order valence-corrected chi connectivity index (χ0v) is 11.9. The summed E-state index contributed by atoms with van der Waals surface area (Å²) in [5.74, 6) is 0.0534. The minimum Gasteiger partial charge on any atom is -0.386 e. The van der Waals surface area contributed by atoms with Crippen LogP contribution in [0.15, 0.2) is 33.8 Å². The third kappa shape index (κ3) is 2.90. The second-order valence-corrected chi connectivity index (χ2v) is 5.46. The molecule has 7 heteroatoms. The highest BCUT2D eigenvalue weighted by molar-refractivity contribution is 9.10. The van der Waals surface area contributed by atoms with Gasteiger partial charge in [0.25, 0.3) is 0 Å². The van der Waals surface area contributed by atoms with Crippen LogP contribution >= 0.6 is 27.7 Å². The largest absolute Gasteiger partial charge is 0.386 e. The van der Waals surface area contributed by atoms with Crippen molar-refractivity contribution in [3.05, 3.63) is 40.4 Å². The fourth-order valence-electron chi connectivity index (χ4n) is 1.50. The second-order valence-electron chi connectivity index (χ2n) is 3.65. The zero-order chi connectivity index (χ0) is 13.1. The first kappa shape index (κ1) is 13.5. The molecule has 0 saturated heterocycles. The van der Waals surface area contributed by atoms with Gasteiger partial charge in [0, 0.05) is 17.7 Å². The SMILES string of the molecule is Cn1nnc(Br)c1C(O)CSc1ccccc1F. The van der Waals surface area contributed by atoms with E-state index >= 15 is 0 Å². The van der Waals surface area contributed by atoms with E-state index in [9.17, 15) is 9.50 Å². The van der Waals surface area contributed by atoms with Gasteiger partial charge in [-0.25, -0.2) is 9.07 Å². The van der Waals surface area contributed by atoms with Gasteiger partial charge in [-0.15, -0.1) is 16.9 Å².